The summed E-state index contributed by atoms with van der Waals surface area (Å²) >= 11 is 6.47. The highest BCUT2D eigenvalue weighted by Crippen LogP contribution is 2.48. The van der Waals surface area contributed by atoms with Gasteiger partial charge in [-0.15, -0.1) is 0 Å². The Bertz CT molecular complexity index is 1000. The fourth-order valence-electron chi connectivity index (χ4n) is 5.48. The van der Waals surface area contributed by atoms with E-state index in [-0.39, 0.29) is 18.6 Å². The molecule has 7 heteroatoms. The SMILES string of the molecule is CS(=O)(=O)N(CC1CCCN(C(CO)C2CCC2c2ccccc2Cl)C1)c1ccccc1. The van der Waals surface area contributed by atoms with Crippen LogP contribution in [0.25, 0.3) is 0 Å². The second-order valence-corrected chi connectivity index (χ2v) is 11.6. The lowest BCUT2D eigenvalue weighted by molar-refractivity contribution is 0.0115. The Labute approximate surface area is 197 Å². The molecule has 32 heavy (non-hydrogen) atoms. The van der Waals surface area contributed by atoms with Gasteiger partial charge in [0.15, 0.2) is 0 Å². The number of para-hydroxylation sites is 1. The van der Waals surface area contributed by atoms with Gasteiger partial charge in [-0.25, -0.2) is 8.42 Å². The largest absolute Gasteiger partial charge is 0.395 e. The summed E-state index contributed by atoms with van der Waals surface area (Å²) in [4.78, 5) is 2.40. The molecule has 4 atom stereocenters. The summed E-state index contributed by atoms with van der Waals surface area (Å²) in [6, 6.07) is 17.5. The van der Waals surface area contributed by atoms with Gasteiger partial charge in [-0.05, 0) is 73.7 Å². The minimum atomic E-state index is -3.37. The van der Waals surface area contributed by atoms with Gasteiger partial charge in [0.1, 0.15) is 0 Å². The maximum Gasteiger partial charge on any atom is 0.232 e. The molecule has 0 amide bonds. The fraction of sp³-hybridized carbons (Fsp3) is 0.520. The van der Waals surface area contributed by atoms with Gasteiger partial charge < -0.3 is 5.11 Å². The molecule has 0 bridgehead atoms. The van der Waals surface area contributed by atoms with Crippen LogP contribution < -0.4 is 4.31 Å². The number of hydrogen-bond donors (Lipinski definition) is 1. The van der Waals surface area contributed by atoms with Crippen LogP contribution in [-0.2, 0) is 10.0 Å². The summed E-state index contributed by atoms with van der Waals surface area (Å²) in [5.41, 5.74) is 1.90. The van der Waals surface area contributed by atoms with Crippen LogP contribution >= 0.6 is 11.6 Å². The minimum absolute atomic E-state index is 0.0798. The number of benzene rings is 2. The number of aliphatic hydroxyl groups excluding tert-OH is 1. The number of aliphatic hydroxyl groups is 1. The highest BCUT2D eigenvalue weighted by molar-refractivity contribution is 7.92. The molecule has 1 saturated heterocycles. The predicted octanol–water partition coefficient (Wildman–Crippen LogP) is 4.37. The van der Waals surface area contributed by atoms with Crippen molar-refractivity contribution in [1.29, 1.82) is 0 Å². The molecule has 2 aliphatic rings. The molecule has 2 aromatic rings. The van der Waals surface area contributed by atoms with E-state index >= 15 is 0 Å². The average molecular weight is 477 g/mol. The Morgan fingerprint density at radius 2 is 1.81 bits per heavy atom. The van der Waals surface area contributed by atoms with Gasteiger partial charge in [-0.2, -0.15) is 0 Å². The Hall–Kier alpha value is -1.60. The third-order valence-corrected chi connectivity index (χ3v) is 8.71. The van der Waals surface area contributed by atoms with Gasteiger partial charge in [-0.1, -0.05) is 48.0 Å². The maximum atomic E-state index is 12.5. The molecule has 5 nitrogen and oxygen atoms in total. The molecule has 4 unspecified atom stereocenters. The van der Waals surface area contributed by atoms with Crippen LogP contribution in [0, 0.1) is 11.8 Å². The number of halogens is 1. The molecule has 1 saturated carbocycles. The van der Waals surface area contributed by atoms with Crippen LogP contribution in [0.4, 0.5) is 5.69 Å². The van der Waals surface area contributed by atoms with Crippen molar-refractivity contribution in [2.75, 3.05) is 36.8 Å². The first-order valence-electron chi connectivity index (χ1n) is 11.5. The maximum absolute atomic E-state index is 12.5. The van der Waals surface area contributed by atoms with Crippen LogP contribution in [0.5, 0.6) is 0 Å². The van der Waals surface area contributed by atoms with Gasteiger partial charge in [0.05, 0.1) is 18.6 Å². The van der Waals surface area contributed by atoms with E-state index in [4.69, 9.17) is 11.6 Å². The normalized spacial score (nSPS) is 25.2. The lowest BCUT2D eigenvalue weighted by atomic mass is 9.66. The summed E-state index contributed by atoms with van der Waals surface area (Å²) in [5.74, 6) is 0.975. The molecule has 2 fully saturated rings. The Kier molecular flexibility index (Phi) is 7.45. The fourth-order valence-corrected chi connectivity index (χ4v) is 6.74. The quantitative estimate of drug-likeness (QED) is 0.614. The zero-order valence-corrected chi connectivity index (χ0v) is 20.2. The van der Waals surface area contributed by atoms with Crippen LogP contribution in [0.1, 0.15) is 37.2 Å². The second-order valence-electron chi connectivity index (χ2n) is 9.25. The van der Waals surface area contributed by atoms with Crippen molar-refractivity contribution in [1.82, 2.24) is 4.90 Å². The smallest absolute Gasteiger partial charge is 0.232 e. The molecule has 1 aliphatic heterocycles. The van der Waals surface area contributed by atoms with E-state index in [0.29, 0.717) is 24.1 Å². The van der Waals surface area contributed by atoms with E-state index in [9.17, 15) is 13.5 Å². The summed E-state index contributed by atoms with van der Waals surface area (Å²) in [6.07, 6.45) is 5.46. The highest BCUT2D eigenvalue weighted by atomic mass is 35.5. The average Bonchev–Trinajstić information content (AvgIpc) is 2.76. The molecule has 4 rings (SSSR count). The van der Waals surface area contributed by atoms with Crippen molar-refractivity contribution in [2.24, 2.45) is 11.8 Å². The molecule has 1 N–H and O–H groups in total. The number of nitrogens with zero attached hydrogens (tertiary/aromatic N) is 2. The molecule has 1 aliphatic carbocycles. The molecule has 0 spiro atoms. The number of anilines is 1. The van der Waals surface area contributed by atoms with Crippen molar-refractivity contribution in [2.45, 2.75) is 37.6 Å². The van der Waals surface area contributed by atoms with E-state index in [1.165, 1.54) is 16.1 Å². The molecular weight excluding hydrogens is 444 g/mol. The van der Waals surface area contributed by atoms with Crippen molar-refractivity contribution in [3.63, 3.8) is 0 Å². The van der Waals surface area contributed by atoms with Crippen LogP contribution in [0.15, 0.2) is 54.6 Å². The standard InChI is InChI=1S/C25H33ClN2O3S/c1-32(30,31)28(20-9-3-2-4-10-20)17-19-8-7-15-27(16-19)25(18-29)23-14-13-21(23)22-11-5-6-12-24(22)26/h2-6,9-12,19,21,23,25,29H,7-8,13-18H2,1H3. The summed E-state index contributed by atoms with van der Waals surface area (Å²) < 4.78 is 26.6. The number of rotatable bonds is 8. The molecular formula is C25H33ClN2O3S. The van der Waals surface area contributed by atoms with E-state index in [1.54, 1.807) is 0 Å². The van der Waals surface area contributed by atoms with Crippen LogP contribution in [-0.4, -0.2) is 57.0 Å². The van der Waals surface area contributed by atoms with Crippen LogP contribution in [0.2, 0.25) is 5.02 Å². The Balaban J connectivity index is 1.47. The van der Waals surface area contributed by atoms with Crippen molar-refractivity contribution in [3.8, 4) is 0 Å². The molecule has 174 valence electrons. The zero-order chi connectivity index (χ0) is 22.7. The van der Waals surface area contributed by atoms with Gasteiger partial charge in [0, 0.05) is 24.2 Å². The van der Waals surface area contributed by atoms with E-state index in [0.717, 1.165) is 43.8 Å². The predicted molar refractivity (Wildman–Crippen MR) is 131 cm³/mol. The monoisotopic (exact) mass is 476 g/mol. The first kappa shape index (κ1) is 23.6. The third kappa shape index (κ3) is 5.14. The van der Waals surface area contributed by atoms with Gasteiger partial charge >= 0.3 is 0 Å². The number of hydrogen-bond acceptors (Lipinski definition) is 4. The number of sulfonamides is 1. The van der Waals surface area contributed by atoms with E-state index < -0.39 is 10.0 Å². The second kappa shape index (κ2) is 10.1. The van der Waals surface area contributed by atoms with E-state index in [1.807, 2.05) is 48.5 Å². The minimum Gasteiger partial charge on any atom is -0.395 e. The Morgan fingerprint density at radius 1 is 1.09 bits per heavy atom. The van der Waals surface area contributed by atoms with Gasteiger partial charge in [0.25, 0.3) is 0 Å². The van der Waals surface area contributed by atoms with Crippen molar-refractivity contribution < 1.29 is 13.5 Å². The number of piperidine rings is 1. The zero-order valence-electron chi connectivity index (χ0n) is 18.6. The van der Waals surface area contributed by atoms with Crippen molar-refractivity contribution >= 4 is 27.3 Å². The summed E-state index contributed by atoms with van der Waals surface area (Å²) in [7, 11) is -3.37. The first-order chi connectivity index (χ1) is 15.4. The summed E-state index contributed by atoms with van der Waals surface area (Å²) in [5, 5.41) is 11.1. The lowest BCUT2D eigenvalue weighted by Crippen LogP contribution is -2.53. The number of likely N-dealkylation sites (tertiary alicyclic amines) is 1. The summed E-state index contributed by atoms with van der Waals surface area (Å²) in [6.45, 7) is 2.33. The molecule has 0 radical (unpaired) electrons. The lowest BCUT2D eigenvalue weighted by Gasteiger charge is -2.48. The third-order valence-electron chi connectivity index (χ3n) is 7.20. The first-order valence-corrected chi connectivity index (χ1v) is 13.7. The van der Waals surface area contributed by atoms with Crippen molar-refractivity contribution in [3.05, 3.63) is 65.2 Å². The topological polar surface area (TPSA) is 60.9 Å². The molecule has 1 heterocycles. The highest BCUT2D eigenvalue weighted by Gasteiger charge is 2.42. The molecule has 2 aromatic carbocycles. The Morgan fingerprint density at radius 3 is 2.44 bits per heavy atom. The molecule has 0 aromatic heterocycles. The van der Waals surface area contributed by atoms with Crippen LogP contribution in [0.3, 0.4) is 0 Å². The van der Waals surface area contributed by atoms with Gasteiger partial charge in [-0.3, -0.25) is 9.21 Å². The van der Waals surface area contributed by atoms with E-state index in [2.05, 4.69) is 11.0 Å². The van der Waals surface area contributed by atoms with Gasteiger partial charge in [0.2, 0.25) is 10.0 Å².